The van der Waals surface area contributed by atoms with Crippen LogP contribution in [0.5, 0.6) is 0 Å². The van der Waals surface area contributed by atoms with Gasteiger partial charge in [0.25, 0.3) is 0 Å². The molecule has 1 nitrogen and oxygen atoms in total. The van der Waals surface area contributed by atoms with Crippen molar-refractivity contribution in [3.8, 4) is 0 Å². The Morgan fingerprint density at radius 3 is 1.42 bits per heavy atom. The summed E-state index contributed by atoms with van der Waals surface area (Å²) in [5, 5.41) is 0. The average molecular weight is 208 g/mol. The first-order chi connectivity index (χ1) is 4.61. The summed E-state index contributed by atoms with van der Waals surface area (Å²) in [6, 6.07) is 2.18. The second kappa shape index (κ2) is 5.39. The lowest BCUT2D eigenvalue weighted by molar-refractivity contribution is 1.06. The molecule has 0 bridgehead atoms. The van der Waals surface area contributed by atoms with Gasteiger partial charge in [-0.25, -0.2) is 0 Å². The first kappa shape index (κ1) is 14.3. The third-order valence-electron chi connectivity index (χ3n) is 1.91. The van der Waals surface area contributed by atoms with Gasteiger partial charge in [-0.15, -0.1) is 24.8 Å². The lowest BCUT2D eigenvalue weighted by Crippen LogP contribution is -1.92. The Morgan fingerprint density at radius 2 is 1.17 bits per heavy atom. The highest BCUT2D eigenvalue weighted by atomic mass is 35.5. The first-order valence-corrected chi connectivity index (χ1v) is 3.52. The molecule has 1 heterocycles. The molecule has 0 aliphatic carbocycles. The number of aryl methyl sites for hydroxylation is 4. The molecule has 0 aromatic carbocycles. The van der Waals surface area contributed by atoms with E-state index in [-0.39, 0.29) is 24.8 Å². The zero-order valence-corrected chi connectivity index (χ0v) is 9.47. The Balaban J connectivity index is 0. The topological polar surface area (TPSA) is 12.9 Å². The standard InChI is InChI=1S/C9H13N.2ClH/c1-6-5-7(2)9(4)10-8(6)3;;/h5H,1-4H3;2*1H. The van der Waals surface area contributed by atoms with Crippen LogP contribution in [0, 0.1) is 27.7 Å². The van der Waals surface area contributed by atoms with Gasteiger partial charge in [0.15, 0.2) is 0 Å². The van der Waals surface area contributed by atoms with Crippen molar-refractivity contribution in [2.45, 2.75) is 27.7 Å². The van der Waals surface area contributed by atoms with E-state index in [9.17, 15) is 0 Å². The van der Waals surface area contributed by atoms with Crippen LogP contribution in [0.4, 0.5) is 0 Å². The maximum atomic E-state index is 4.37. The van der Waals surface area contributed by atoms with E-state index in [2.05, 4.69) is 24.9 Å². The Morgan fingerprint density at radius 1 is 0.833 bits per heavy atom. The molecule has 1 rings (SSSR count). The Kier molecular flexibility index (Phi) is 6.41. The highest BCUT2D eigenvalue weighted by molar-refractivity contribution is 5.85. The largest absolute Gasteiger partial charge is 0.258 e. The maximum absolute atomic E-state index is 4.37. The quantitative estimate of drug-likeness (QED) is 0.638. The van der Waals surface area contributed by atoms with Crippen LogP contribution in [0.15, 0.2) is 6.07 Å². The van der Waals surface area contributed by atoms with Gasteiger partial charge < -0.3 is 0 Å². The minimum atomic E-state index is 0. The lowest BCUT2D eigenvalue weighted by atomic mass is 10.1. The minimum Gasteiger partial charge on any atom is -0.258 e. The predicted molar refractivity (Wildman–Crippen MR) is 57.7 cm³/mol. The van der Waals surface area contributed by atoms with E-state index < -0.39 is 0 Å². The van der Waals surface area contributed by atoms with Gasteiger partial charge in [0.2, 0.25) is 0 Å². The summed E-state index contributed by atoms with van der Waals surface area (Å²) >= 11 is 0. The maximum Gasteiger partial charge on any atom is 0.0405 e. The van der Waals surface area contributed by atoms with Crippen LogP contribution in [0.3, 0.4) is 0 Å². The van der Waals surface area contributed by atoms with Crippen molar-refractivity contribution in [2.24, 2.45) is 0 Å². The monoisotopic (exact) mass is 207 g/mol. The third kappa shape index (κ3) is 3.00. The van der Waals surface area contributed by atoms with Gasteiger partial charge in [0.1, 0.15) is 0 Å². The number of hydrogen-bond donors (Lipinski definition) is 0. The molecule has 0 radical (unpaired) electrons. The second-order valence-electron chi connectivity index (χ2n) is 2.79. The van der Waals surface area contributed by atoms with Crippen LogP contribution in [0.2, 0.25) is 0 Å². The summed E-state index contributed by atoms with van der Waals surface area (Å²) in [5.41, 5.74) is 4.84. The van der Waals surface area contributed by atoms with E-state index in [4.69, 9.17) is 0 Å². The molecule has 3 heteroatoms. The molecule has 0 saturated heterocycles. The van der Waals surface area contributed by atoms with Crippen LogP contribution in [-0.2, 0) is 0 Å². The summed E-state index contributed by atoms with van der Waals surface area (Å²) in [5.74, 6) is 0. The summed E-state index contributed by atoms with van der Waals surface area (Å²) in [6.07, 6.45) is 0. The number of aromatic nitrogens is 1. The minimum absolute atomic E-state index is 0. The third-order valence-corrected chi connectivity index (χ3v) is 1.91. The molecule has 0 saturated carbocycles. The average Bonchev–Trinajstić information content (AvgIpc) is 1.84. The summed E-state index contributed by atoms with van der Waals surface area (Å²) in [6.45, 7) is 8.27. The van der Waals surface area contributed by atoms with E-state index >= 15 is 0 Å². The van der Waals surface area contributed by atoms with Crippen LogP contribution in [-0.4, -0.2) is 4.98 Å². The van der Waals surface area contributed by atoms with Gasteiger partial charge in [-0.1, -0.05) is 6.07 Å². The van der Waals surface area contributed by atoms with E-state index in [0.717, 1.165) is 11.4 Å². The molecule has 70 valence electrons. The summed E-state index contributed by atoms with van der Waals surface area (Å²) in [4.78, 5) is 4.37. The van der Waals surface area contributed by atoms with Crippen LogP contribution in [0.25, 0.3) is 0 Å². The van der Waals surface area contributed by atoms with Crippen LogP contribution < -0.4 is 0 Å². The molecule has 12 heavy (non-hydrogen) atoms. The lowest BCUT2D eigenvalue weighted by Gasteiger charge is -2.03. The molecule has 0 unspecified atom stereocenters. The molecule has 0 N–H and O–H groups in total. The van der Waals surface area contributed by atoms with Crippen molar-refractivity contribution < 1.29 is 0 Å². The number of halogens is 2. The van der Waals surface area contributed by atoms with Gasteiger partial charge >= 0.3 is 0 Å². The smallest absolute Gasteiger partial charge is 0.0405 e. The molecule has 1 aromatic heterocycles. The van der Waals surface area contributed by atoms with Crippen molar-refractivity contribution in [3.05, 3.63) is 28.6 Å². The fourth-order valence-electron chi connectivity index (χ4n) is 0.962. The summed E-state index contributed by atoms with van der Waals surface area (Å²) in [7, 11) is 0. The van der Waals surface area contributed by atoms with Crippen LogP contribution >= 0.6 is 24.8 Å². The van der Waals surface area contributed by atoms with Gasteiger partial charge in [-0.3, -0.25) is 4.98 Å². The van der Waals surface area contributed by atoms with E-state index in [1.54, 1.807) is 0 Å². The van der Waals surface area contributed by atoms with Gasteiger partial charge in [-0.2, -0.15) is 0 Å². The molecule has 0 atom stereocenters. The number of hydrogen-bond acceptors (Lipinski definition) is 1. The molecule has 1 aromatic rings. The molecule has 0 aliphatic rings. The van der Waals surface area contributed by atoms with Gasteiger partial charge in [-0.05, 0) is 38.8 Å². The number of nitrogens with zero attached hydrogens (tertiary/aromatic N) is 1. The Labute approximate surface area is 86.4 Å². The zero-order valence-electron chi connectivity index (χ0n) is 7.84. The predicted octanol–water partition coefficient (Wildman–Crippen LogP) is 3.16. The fraction of sp³-hybridized carbons (Fsp3) is 0.444. The van der Waals surface area contributed by atoms with Crippen molar-refractivity contribution in [2.75, 3.05) is 0 Å². The molecule has 0 aliphatic heterocycles. The van der Waals surface area contributed by atoms with Gasteiger partial charge in [0, 0.05) is 11.4 Å². The number of pyridine rings is 1. The fourth-order valence-corrected chi connectivity index (χ4v) is 0.962. The van der Waals surface area contributed by atoms with E-state index in [1.165, 1.54) is 11.1 Å². The zero-order chi connectivity index (χ0) is 7.72. The highest BCUT2D eigenvalue weighted by Crippen LogP contribution is 2.09. The number of rotatable bonds is 0. The van der Waals surface area contributed by atoms with E-state index in [1.807, 2.05) is 13.8 Å². The molecular weight excluding hydrogens is 193 g/mol. The Bertz CT molecular complexity index is 209. The van der Waals surface area contributed by atoms with Crippen LogP contribution in [0.1, 0.15) is 22.5 Å². The normalized spacial score (nSPS) is 8.33. The molecule has 0 spiro atoms. The second-order valence-corrected chi connectivity index (χ2v) is 2.79. The van der Waals surface area contributed by atoms with E-state index in [0.29, 0.717) is 0 Å². The molecule has 0 amide bonds. The van der Waals surface area contributed by atoms with Crippen molar-refractivity contribution >= 4 is 24.8 Å². The molecule has 0 fully saturated rings. The van der Waals surface area contributed by atoms with Gasteiger partial charge in [0.05, 0.1) is 0 Å². The van der Waals surface area contributed by atoms with Crippen molar-refractivity contribution in [1.82, 2.24) is 4.98 Å². The molecular formula is C9H15Cl2N. The first-order valence-electron chi connectivity index (χ1n) is 3.52. The highest BCUT2D eigenvalue weighted by Gasteiger charge is 1.96. The SMILES string of the molecule is Cc1cc(C)c(C)nc1C.Cl.Cl. The summed E-state index contributed by atoms with van der Waals surface area (Å²) < 4.78 is 0. The van der Waals surface area contributed by atoms with Crippen molar-refractivity contribution in [1.29, 1.82) is 0 Å². The van der Waals surface area contributed by atoms with Crippen molar-refractivity contribution in [3.63, 3.8) is 0 Å². The Hall–Kier alpha value is -0.270.